The van der Waals surface area contributed by atoms with E-state index in [9.17, 15) is 0 Å². The summed E-state index contributed by atoms with van der Waals surface area (Å²) in [6, 6.07) is 2.20. The van der Waals surface area contributed by atoms with Gasteiger partial charge in [-0.25, -0.2) is 0 Å². The molecule has 0 unspecified atom stereocenters. The summed E-state index contributed by atoms with van der Waals surface area (Å²) >= 11 is 0. The molecular weight excluding hydrogens is 160 g/mol. The molecule has 0 radical (unpaired) electrons. The van der Waals surface area contributed by atoms with Gasteiger partial charge in [0.15, 0.2) is 0 Å². The summed E-state index contributed by atoms with van der Waals surface area (Å²) in [7, 11) is 0. The Hall–Kier alpha value is -0.920. The summed E-state index contributed by atoms with van der Waals surface area (Å²) < 4.78 is 0. The molecule has 1 aromatic heterocycles. The lowest BCUT2D eigenvalue weighted by atomic mass is 10.00. The molecule has 1 aliphatic rings. The Morgan fingerprint density at radius 1 is 1.38 bits per heavy atom. The van der Waals surface area contributed by atoms with E-state index in [0.717, 1.165) is 0 Å². The van der Waals surface area contributed by atoms with E-state index in [-0.39, 0.29) is 5.54 Å². The molecule has 1 aliphatic heterocycles. The Kier molecular flexibility index (Phi) is 1.86. The zero-order valence-electron chi connectivity index (χ0n) is 8.72. The molecule has 0 atom stereocenters. The van der Waals surface area contributed by atoms with Crippen LogP contribution >= 0.6 is 0 Å². The number of aryl methyl sites for hydroxylation is 1. The van der Waals surface area contributed by atoms with Crippen LogP contribution < -0.4 is 4.90 Å². The number of nitrogens with zero attached hydrogens (tertiary/aromatic N) is 1. The first-order valence-electron chi connectivity index (χ1n) is 5.03. The molecule has 0 amide bonds. The maximum Gasteiger partial charge on any atom is 0.109 e. The predicted molar refractivity (Wildman–Crippen MR) is 56.2 cm³/mol. The molecule has 0 spiro atoms. The van der Waals surface area contributed by atoms with Gasteiger partial charge in [0.05, 0.1) is 0 Å². The highest BCUT2D eigenvalue weighted by molar-refractivity contribution is 5.51. The fourth-order valence-corrected chi connectivity index (χ4v) is 2.06. The Balaban J connectivity index is 2.35. The maximum absolute atomic E-state index is 3.34. The number of anilines is 1. The second-order valence-corrected chi connectivity index (χ2v) is 4.78. The normalized spacial score (nSPS) is 17.3. The van der Waals surface area contributed by atoms with Crippen LogP contribution in [-0.2, 0) is 6.42 Å². The Bertz CT molecular complexity index is 293. The van der Waals surface area contributed by atoms with Crippen molar-refractivity contribution in [2.75, 3.05) is 11.4 Å². The molecule has 0 bridgehead atoms. The standard InChI is InChI=1S/C11H18N2/c1-11(2,3)13-8-4-5-9-6-7-12-10(9)13/h6-7,12H,4-5,8H2,1-3H3. The van der Waals surface area contributed by atoms with E-state index in [2.05, 4.69) is 42.9 Å². The first-order chi connectivity index (χ1) is 6.09. The highest BCUT2D eigenvalue weighted by atomic mass is 15.2. The van der Waals surface area contributed by atoms with Gasteiger partial charge >= 0.3 is 0 Å². The van der Waals surface area contributed by atoms with Gasteiger partial charge in [0.2, 0.25) is 0 Å². The lowest BCUT2D eigenvalue weighted by Gasteiger charge is -2.39. The number of H-pyrrole nitrogens is 1. The van der Waals surface area contributed by atoms with Crippen LogP contribution in [-0.4, -0.2) is 17.1 Å². The monoisotopic (exact) mass is 178 g/mol. The smallest absolute Gasteiger partial charge is 0.109 e. The predicted octanol–water partition coefficient (Wildman–Crippen LogP) is 2.57. The van der Waals surface area contributed by atoms with Crippen LogP contribution in [0.15, 0.2) is 12.3 Å². The molecule has 0 fully saturated rings. The third-order valence-corrected chi connectivity index (χ3v) is 2.72. The molecular formula is C11H18N2. The van der Waals surface area contributed by atoms with Crippen molar-refractivity contribution >= 4 is 5.82 Å². The Morgan fingerprint density at radius 3 is 2.85 bits per heavy atom. The Morgan fingerprint density at radius 2 is 2.15 bits per heavy atom. The molecule has 2 heteroatoms. The average Bonchev–Trinajstić information content (AvgIpc) is 2.48. The van der Waals surface area contributed by atoms with Crippen LogP contribution in [0, 0.1) is 0 Å². The van der Waals surface area contributed by atoms with Gasteiger partial charge in [-0.15, -0.1) is 0 Å². The van der Waals surface area contributed by atoms with Crippen LogP contribution in [0.1, 0.15) is 32.8 Å². The van der Waals surface area contributed by atoms with Gasteiger partial charge in [-0.05, 0) is 45.2 Å². The molecule has 0 aliphatic carbocycles. The third kappa shape index (κ3) is 1.45. The molecule has 0 saturated carbocycles. The van der Waals surface area contributed by atoms with E-state index < -0.39 is 0 Å². The van der Waals surface area contributed by atoms with E-state index in [1.54, 1.807) is 0 Å². The number of aromatic amines is 1. The van der Waals surface area contributed by atoms with Gasteiger partial charge < -0.3 is 9.88 Å². The lowest BCUT2D eigenvalue weighted by molar-refractivity contribution is 0.480. The van der Waals surface area contributed by atoms with Crippen molar-refractivity contribution in [3.05, 3.63) is 17.8 Å². The minimum absolute atomic E-state index is 0.236. The maximum atomic E-state index is 3.34. The fraction of sp³-hybridized carbons (Fsp3) is 0.636. The zero-order valence-corrected chi connectivity index (χ0v) is 8.72. The summed E-state index contributed by atoms with van der Waals surface area (Å²) in [6.07, 6.45) is 4.56. The summed E-state index contributed by atoms with van der Waals surface area (Å²) in [5.74, 6) is 1.33. The molecule has 2 nitrogen and oxygen atoms in total. The van der Waals surface area contributed by atoms with Gasteiger partial charge in [-0.2, -0.15) is 0 Å². The van der Waals surface area contributed by atoms with E-state index in [1.807, 2.05) is 0 Å². The topological polar surface area (TPSA) is 19.0 Å². The van der Waals surface area contributed by atoms with Gasteiger partial charge in [0, 0.05) is 18.3 Å². The molecule has 72 valence electrons. The number of nitrogens with one attached hydrogen (secondary N) is 1. The van der Waals surface area contributed by atoms with E-state index in [4.69, 9.17) is 0 Å². The molecule has 13 heavy (non-hydrogen) atoms. The van der Waals surface area contributed by atoms with Crippen molar-refractivity contribution in [1.82, 2.24) is 4.98 Å². The summed E-state index contributed by atoms with van der Waals surface area (Å²) in [5.41, 5.74) is 1.71. The largest absolute Gasteiger partial charge is 0.353 e. The molecule has 2 rings (SSSR count). The highest BCUT2D eigenvalue weighted by Gasteiger charge is 2.26. The average molecular weight is 178 g/mol. The van der Waals surface area contributed by atoms with Gasteiger partial charge in [0.25, 0.3) is 0 Å². The molecule has 1 aromatic rings. The molecule has 1 N–H and O–H groups in total. The minimum Gasteiger partial charge on any atom is -0.353 e. The fourth-order valence-electron chi connectivity index (χ4n) is 2.06. The zero-order chi connectivity index (χ0) is 9.47. The second kappa shape index (κ2) is 2.79. The van der Waals surface area contributed by atoms with Crippen molar-refractivity contribution in [2.24, 2.45) is 0 Å². The van der Waals surface area contributed by atoms with Crippen LogP contribution in [0.2, 0.25) is 0 Å². The quantitative estimate of drug-likeness (QED) is 0.647. The third-order valence-electron chi connectivity index (χ3n) is 2.72. The number of hydrogen-bond acceptors (Lipinski definition) is 1. The SMILES string of the molecule is CC(C)(C)N1CCCc2cc[nH]c21. The van der Waals surface area contributed by atoms with Crippen LogP contribution in [0.25, 0.3) is 0 Å². The van der Waals surface area contributed by atoms with Crippen molar-refractivity contribution < 1.29 is 0 Å². The van der Waals surface area contributed by atoms with Gasteiger partial charge in [-0.3, -0.25) is 0 Å². The highest BCUT2D eigenvalue weighted by Crippen LogP contribution is 2.30. The van der Waals surface area contributed by atoms with Crippen molar-refractivity contribution in [1.29, 1.82) is 0 Å². The van der Waals surface area contributed by atoms with Crippen LogP contribution in [0.3, 0.4) is 0 Å². The lowest BCUT2D eigenvalue weighted by Crippen LogP contribution is -2.44. The number of rotatable bonds is 0. The van der Waals surface area contributed by atoms with Crippen LogP contribution in [0.4, 0.5) is 5.82 Å². The summed E-state index contributed by atoms with van der Waals surface area (Å²) in [5, 5.41) is 0. The number of fused-ring (bicyclic) bond motifs is 1. The second-order valence-electron chi connectivity index (χ2n) is 4.78. The van der Waals surface area contributed by atoms with E-state index in [0.29, 0.717) is 0 Å². The summed E-state index contributed by atoms with van der Waals surface area (Å²) in [6.45, 7) is 7.98. The van der Waals surface area contributed by atoms with E-state index >= 15 is 0 Å². The van der Waals surface area contributed by atoms with Crippen molar-refractivity contribution in [2.45, 2.75) is 39.2 Å². The van der Waals surface area contributed by atoms with Crippen LogP contribution in [0.5, 0.6) is 0 Å². The number of hydrogen-bond donors (Lipinski definition) is 1. The molecule has 0 saturated heterocycles. The van der Waals surface area contributed by atoms with Gasteiger partial charge in [-0.1, -0.05) is 0 Å². The van der Waals surface area contributed by atoms with Crippen molar-refractivity contribution in [3.8, 4) is 0 Å². The first kappa shape index (κ1) is 8.67. The van der Waals surface area contributed by atoms with Crippen molar-refractivity contribution in [3.63, 3.8) is 0 Å². The summed E-state index contributed by atoms with van der Waals surface area (Å²) in [4.78, 5) is 5.80. The Labute approximate surface area is 79.9 Å². The molecule has 0 aromatic carbocycles. The van der Waals surface area contributed by atoms with Gasteiger partial charge in [0.1, 0.15) is 5.82 Å². The first-order valence-corrected chi connectivity index (χ1v) is 5.03. The minimum atomic E-state index is 0.236. The number of aromatic nitrogens is 1. The molecule has 2 heterocycles. The van der Waals surface area contributed by atoms with E-state index in [1.165, 1.54) is 30.8 Å².